The molecule has 1 fully saturated rings. The Bertz CT molecular complexity index is 1580. The zero-order valence-corrected chi connectivity index (χ0v) is 26.0. The number of aliphatic hydroxyl groups excluding tert-OH is 1. The van der Waals surface area contributed by atoms with E-state index >= 15 is 0 Å². The Morgan fingerprint density at radius 2 is 1.74 bits per heavy atom. The van der Waals surface area contributed by atoms with E-state index in [0.29, 0.717) is 61.0 Å². The Morgan fingerprint density at radius 3 is 2.48 bits per heavy atom. The number of nitrogens with zero attached hydrogens (tertiary/aromatic N) is 2. The molecule has 11 heteroatoms. The summed E-state index contributed by atoms with van der Waals surface area (Å²) < 4.78 is 22.5. The molecule has 46 heavy (non-hydrogen) atoms. The number of benzene rings is 3. The van der Waals surface area contributed by atoms with Gasteiger partial charge in [0.05, 0.1) is 19.1 Å². The van der Waals surface area contributed by atoms with Crippen molar-refractivity contribution in [1.82, 2.24) is 4.90 Å². The fourth-order valence-corrected chi connectivity index (χ4v) is 6.94. The second-order valence-electron chi connectivity index (χ2n) is 12.0. The average Bonchev–Trinajstić information content (AvgIpc) is 3.82. The van der Waals surface area contributed by atoms with E-state index in [4.69, 9.17) is 24.7 Å². The maximum Gasteiger partial charge on any atom is 0.308 e. The van der Waals surface area contributed by atoms with E-state index in [1.807, 2.05) is 53.4 Å². The van der Waals surface area contributed by atoms with E-state index in [-0.39, 0.29) is 32.6 Å². The maximum absolute atomic E-state index is 14.2. The van der Waals surface area contributed by atoms with E-state index in [1.165, 1.54) is 0 Å². The number of aliphatic carboxylic acids is 1. The first kappa shape index (κ1) is 31.7. The number of carbonyl (C=O) groups is 2. The molecule has 3 aromatic rings. The van der Waals surface area contributed by atoms with Gasteiger partial charge in [0.25, 0.3) is 0 Å². The van der Waals surface area contributed by atoms with Crippen LogP contribution in [0, 0.1) is 5.92 Å². The lowest BCUT2D eigenvalue weighted by atomic mass is 9.82. The van der Waals surface area contributed by atoms with Crippen LogP contribution in [0.5, 0.6) is 23.0 Å². The number of hydrogen-bond acceptors (Lipinski definition) is 9. The van der Waals surface area contributed by atoms with Crippen LogP contribution in [0.3, 0.4) is 0 Å². The molecular weight excluding hydrogens is 590 g/mol. The van der Waals surface area contributed by atoms with Gasteiger partial charge in [0.2, 0.25) is 19.5 Å². The van der Waals surface area contributed by atoms with Crippen LogP contribution < -0.4 is 29.6 Å². The van der Waals surface area contributed by atoms with E-state index in [9.17, 15) is 19.8 Å². The number of amides is 1. The third kappa shape index (κ3) is 6.35. The molecule has 244 valence electrons. The molecular formula is C35H41N3O8. The maximum atomic E-state index is 14.2. The smallest absolute Gasteiger partial charge is 0.308 e. The second-order valence-corrected chi connectivity index (χ2v) is 12.0. The SMILES string of the molecule is CCCCN(C(=O)CN1C[C@H](c2cc(CO)c3c(c2)OCO3)[C@@H](C(=O)O)[C@@H]1CCc1cccc2c1OCO2)c1cccc(CN)c1. The van der Waals surface area contributed by atoms with Crippen LogP contribution in [-0.4, -0.2) is 66.3 Å². The monoisotopic (exact) mass is 631 g/mol. The zero-order chi connectivity index (χ0) is 32.2. The van der Waals surface area contributed by atoms with Crippen LogP contribution in [0.1, 0.15) is 54.4 Å². The number of nitrogens with two attached hydrogens (primary N) is 1. The molecule has 0 saturated carbocycles. The van der Waals surface area contributed by atoms with Crippen LogP contribution in [0.25, 0.3) is 0 Å². The summed E-state index contributed by atoms with van der Waals surface area (Å²) in [6, 6.07) is 16.6. The molecule has 3 atom stereocenters. The number of aryl methyl sites for hydroxylation is 1. The summed E-state index contributed by atoms with van der Waals surface area (Å²) in [6.07, 6.45) is 2.76. The molecule has 0 aliphatic carbocycles. The average molecular weight is 632 g/mol. The van der Waals surface area contributed by atoms with E-state index in [1.54, 1.807) is 11.0 Å². The number of anilines is 1. The summed E-state index contributed by atoms with van der Waals surface area (Å²) in [4.78, 5) is 31.1. The van der Waals surface area contributed by atoms with Crippen molar-refractivity contribution in [2.45, 2.75) is 57.7 Å². The minimum Gasteiger partial charge on any atom is -0.481 e. The van der Waals surface area contributed by atoms with Crippen molar-refractivity contribution in [3.05, 3.63) is 76.9 Å². The Hall–Kier alpha value is -4.32. The standard InChI is InChI=1S/C35H41N3O8/c1-2-3-12-38(26-8-4-6-22(13-26)16-36)31(40)18-37-17-27(24-14-25(19-39)34-30(15-24)44-21-46-34)32(35(41)42)28(37)11-10-23-7-5-9-29-33(23)45-20-43-29/h4-9,13-15,27-28,32,39H,2-3,10-12,16-21,36H2,1H3,(H,41,42)/t27-,28+,32-/m1/s1. The summed E-state index contributed by atoms with van der Waals surface area (Å²) in [5, 5.41) is 20.8. The first-order valence-corrected chi connectivity index (χ1v) is 15.9. The first-order chi connectivity index (χ1) is 22.4. The summed E-state index contributed by atoms with van der Waals surface area (Å²) in [5.74, 6) is -0.00206. The fourth-order valence-electron chi connectivity index (χ4n) is 6.94. The number of rotatable bonds is 13. The van der Waals surface area contributed by atoms with Crippen LogP contribution in [0.15, 0.2) is 54.6 Å². The number of carbonyl (C=O) groups excluding carboxylic acids is 1. The highest BCUT2D eigenvalue weighted by Gasteiger charge is 2.47. The topological polar surface area (TPSA) is 144 Å². The highest BCUT2D eigenvalue weighted by molar-refractivity contribution is 5.95. The lowest BCUT2D eigenvalue weighted by Gasteiger charge is -2.30. The molecule has 0 radical (unpaired) electrons. The number of carboxylic acid groups (broad SMARTS) is 1. The number of carboxylic acids is 1. The van der Waals surface area contributed by atoms with Gasteiger partial charge in [-0.1, -0.05) is 37.6 Å². The van der Waals surface area contributed by atoms with E-state index < -0.39 is 23.8 Å². The largest absolute Gasteiger partial charge is 0.481 e. The minimum atomic E-state index is -0.940. The molecule has 0 aromatic heterocycles. The van der Waals surface area contributed by atoms with E-state index in [0.717, 1.165) is 35.2 Å². The highest BCUT2D eigenvalue weighted by atomic mass is 16.7. The summed E-state index contributed by atoms with van der Waals surface area (Å²) >= 11 is 0. The van der Waals surface area contributed by atoms with Gasteiger partial charge < -0.3 is 39.8 Å². The minimum absolute atomic E-state index is 0.0359. The van der Waals surface area contributed by atoms with Crippen LogP contribution in [-0.2, 0) is 29.2 Å². The lowest BCUT2D eigenvalue weighted by molar-refractivity contribution is -0.143. The number of likely N-dealkylation sites (tertiary alicyclic amines) is 1. The number of para-hydroxylation sites is 1. The van der Waals surface area contributed by atoms with Crippen molar-refractivity contribution < 1.29 is 38.7 Å². The molecule has 3 aliphatic rings. The van der Waals surface area contributed by atoms with Crippen LogP contribution in [0.2, 0.25) is 0 Å². The predicted molar refractivity (Wildman–Crippen MR) is 170 cm³/mol. The van der Waals surface area contributed by atoms with Crippen molar-refractivity contribution in [3.63, 3.8) is 0 Å². The van der Waals surface area contributed by atoms with Gasteiger partial charge in [-0.3, -0.25) is 14.5 Å². The van der Waals surface area contributed by atoms with Gasteiger partial charge in [-0.25, -0.2) is 0 Å². The summed E-state index contributed by atoms with van der Waals surface area (Å²) in [6.45, 7) is 3.29. The highest BCUT2D eigenvalue weighted by Crippen LogP contribution is 2.45. The number of aliphatic hydroxyl groups is 1. The van der Waals surface area contributed by atoms with Crippen molar-refractivity contribution in [2.75, 3.05) is 38.1 Å². The third-order valence-electron chi connectivity index (χ3n) is 9.22. The van der Waals surface area contributed by atoms with Gasteiger partial charge in [0, 0.05) is 42.8 Å². The Kier molecular flexibility index (Phi) is 9.62. The van der Waals surface area contributed by atoms with Gasteiger partial charge in [-0.05, 0) is 66.3 Å². The number of fused-ring (bicyclic) bond motifs is 2. The number of ether oxygens (including phenoxy) is 4. The van der Waals surface area contributed by atoms with Gasteiger partial charge >= 0.3 is 5.97 Å². The molecule has 4 N–H and O–H groups in total. The Balaban J connectivity index is 1.33. The lowest BCUT2D eigenvalue weighted by Crippen LogP contribution is -2.44. The van der Waals surface area contributed by atoms with Crippen molar-refractivity contribution in [1.29, 1.82) is 0 Å². The Labute approximate surface area is 268 Å². The molecule has 6 rings (SSSR count). The molecule has 1 saturated heterocycles. The molecule has 3 heterocycles. The molecule has 0 bridgehead atoms. The first-order valence-electron chi connectivity index (χ1n) is 15.9. The summed E-state index contributed by atoms with van der Waals surface area (Å²) in [7, 11) is 0. The zero-order valence-electron chi connectivity index (χ0n) is 26.0. The van der Waals surface area contributed by atoms with Gasteiger partial charge in [-0.15, -0.1) is 0 Å². The van der Waals surface area contributed by atoms with Crippen molar-refractivity contribution >= 4 is 17.6 Å². The molecule has 3 aliphatic heterocycles. The predicted octanol–water partition coefficient (Wildman–Crippen LogP) is 4.03. The second kappa shape index (κ2) is 14.0. The van der Waals surface area contributed by atoms with Crippen LogP contribution in [0.4, 0.5) is 5.69 Å². The van der Waals surface area contributed by atoms with Crippen molar-refractivity contribution in [3.8, 4) is 23.0 Å². The van der Waals surface area contributed by atoms with Crippen LogP contribution >= 0.6 is 0 Å². The number of unbranched alkanes of at least 4 members (excludes halogenated alkanes) is 1. The van der Waals surface area contributed by atoms with Crippen molar-refractivity contribution in [2.24, 2.45) is 11.7 Å². The molecule has 0 spiro atoms. The van der Waals surface area contributed by atoms with Gasteiger partial charge in [0.1, 0.15) is 0 Å². The fraction of sp³-hybridized carbons (Fsp3) is 0.429. The quantitative estimate of drug-likeness (QED) is 0.253. The molecule has 0 unspecified atom stereocenters. The molecule has 3 aromatic carbocycles. The molecule has 1 amide bonds. The van der Waals surface area contributed by atoms with Gasteiger partial charge in [0.15, 0.2) is 23.0 Å². The normalized spacial score (nSPS) is 19.8. The summed E-state index contributed by atoms with van der Waals surface area (Å²) in [5.41, 5.74) is 9.84. The Morgan fingerprint density at radius 1 is 0.978 bits per heavy atom. The third-order valence-corrected chi connectivity index (χ3v) is 9.22. The van der Waals surface area contributed by atoms with Gasteiger partial charge in [-0.2, -0.15) is 0 Å². The number of hydrogen-bond donors (Lipinski definition) is 3. The molecule has 11 nitrogen and oxygen atoms in total. The van der Waals surface area contributed by atoms with E-state index in [2.05, 4.69) is 6.92 Å².